The molecule has 1 fully saturated rings. The number of hydrogen-bond acceptors (Lipinski definition) is 8. The van der Waals surface area contributed by atoms with Gasteiger partial charge in [0.15, 0.2) is 0 Å². The Labute approximate surface area is 196 Å². The maximum absolute atomic E-state index is 13.0. The molecule has 0 unspecified atom stereocenters. The van der Waals surface area contributed by atoms with Gasteiger partial charge in [0.2, 0.25) is 0 Å². The van der Waals surface area contributed by atoms with Gasteiger partial charge in [-0.2, -0.15) is 0 Å². The maximum atomic E-state index is 13.0. The van der Waals surface area contributed by atoms with Crippen molar-refractivity contribution < 1.29 is 9.72 Å². The van der Waals surface area contributed by atoms with Crippen LogP contribution in [0.2, 0.25) is 0 Å². The number of benzene rings is 1. The molecule has 0 saturated carbocycles. The summed E-state index contributed by atoms with van der Waals surface area (Å²) < 4.78 is 0. The third-order valence-corrected chi connectivity index (χ3v) is 6.00. The van der Waals surface area contributed by atoms with Gasteiger partial charge in [-0.3, -0.25) is 19.9 Å². The maximum Gasteiger partial charge on any atom is 0.271 e. The van der Waals surface area contributed by atoms with Crippen LogP contribution in [0.3, 0.4) is 0 Å². The lowest BCUT2D eigenvalue weighted by Gasteiger charge is -2.33. The van der Waals surface area contributed by atoms with Crippen molar-refractivity contribution in [3.05, 3.63) is 82.3 Å². The van der Waals surface area contributed by atoms with E-state index in [0.29, 0.717) is 33.8 Å². The molecule has 1 saturated heterocycles. The summed E-state index contributed by atoms with van der Waals surface area (Å²) in [6.07, 6.45) is 5.07. The van der Waals surface area contributed by atoms with E-state index >= 15 is 0 Å². The molecule has 1 aromatic carbocycles. The van der Waals surface area contributed by atoms with Crippen molar-refractivity contribution in [2.75, 3.05) is 48.8 Å². The highest BCUT2D eigenvalue weighted by Gasteiger charge is 2.30. The number of fused-ring (bicyclic) bond motifs is 1. The first kappa shape index (κ1) is 21.5. The standard InChI is InChI=1S/C24H23N7O3/c1-29-9-11-30(12-10-29)21-7-4-17(15-26-21)27-23(16-3-2-8-25-14-16)22-19-6-5-18(31(33)34)13-20(19)28-24(22)32/h2-8,13-15,27H,9-12H2,1H3,(H,28,32)/b23-22-. The first-order chi connectivity index (χ1) is 16.5. The molecule has 5 rings (SSSR count). The molecule has 1 amide bonds. The molecule has 10 heteroatoms. The Hall–Kier alpha value is -4.31. The fourth-order valence-electron chi connectivity index (χ4n) is 4.14. The zero-order chi connectivity index (χ0) is 23.7. The largest absolute Gasteiger partial charge is 0.354 e. The molecule has 4 heterocycles. The van der Waals surface area contributed by atoms with E-state index in [9.17, 15) is 14.9 Å². The third kappa shape index (κ3) is 4.18. The predicted octanol–water partition coefficient (Wildman–Crippen LogP) is 3.07. The van der Waals surface area contributed by atoms with E-state index in [1.165, 1.54) is 12.1 Å². The lowest BCUT2D eigenvalue weighted by molar-refractivity contribution is -0.384. The second-order valence-corrected chi connectivity index (χ2v) is 8.25. The van der Waals surface area contributed by atoms with Crippen molar-refractivity contribution in [1.29, 1.82) is 0 Å². The number of nitro groups is 1. The van der Waals surface area contributed by atoms with Gasteiger partial charge in [-0.1, -0.05) is 0 Å². The van der Waals surface area contributed by atoms with E-state index in [-0.39, 0.29) is 11.6 Å². The fourth-order valence-corrected chi connectivity index (χ4v) is 4.14. The number of nitrogens with one attached hydrogen (secondary N) is 2. The van der Waals surface area contributed by atoms with Gasteiger partial charge in [0.25, 0.3) is 11.6 Å². The van der Waals surface area contributed by atoms with Crippen molar-refractivity contribution in [3.63, 3.8) is 0 Å². The molecule has 0 bridgehead atoms. The van der Waals surface area contributed by atoms with Gasteiger partial charge in [0.05, 0.1) is 33.8 Å². The number of pyridine rings is 2. The number of likely N-dealkylation sites (N-methyl/N-ethyl adjacent to an activating group) is 1. The average molecular weight is 457 g/mol. The van der Waals surface area contributed by atoms with Crippen LogP contribution in [0.5, 0.6) is 0 Å². The summed E-state index contributed by atoms with van der Waals surface area (Å²) in [5, 5.41) is 17.3. The van der Waals surface area contributed by atoms with Gasteiger partial charge in [-0.05, 0) is 37.4 Å². The Morgan fingerprint density at radius 3 is 2.62 bits per heavy atom. The number of rotatable bonds is 5. The summed E-state index contributed by atoms with van der Waals surface area (Å²) in [5.41, 5.74) is 3.27. The second kappa shape index (κ2) is 8.91. The molecular weight excluding hydrogens is 434 g/mol. The summed E-state index contributed by atoms with van der Waals surface area (Å²) in [6, 6.07) is 11.9. The predicted molar refractivity (Wildman–Crippen MR) is 130 cm³/mol. The van der Waals surface area contributed by atoms with Crippen LogP contribution in [-0.2, 0) is 4.79 Å². The second-order valence-electron chi connectivity index (χ2n) is 8.25. The lowest BCUT2D eigenvalue weighted by Crippen LogP contribution is -2.44. The number of anilines is 3. The molecule has 0 spiro atoms. The van der Waals surface area contributed by atoms with Gasteiger partial charge >= 0.3 is 0 Å². The number of carbonyl (C=O) groups is 1. The van der Waals surface area contributed by atoms with E-state index in [2.05, 4.69) is 37.4 Å². The number of carbonyl (C=O) groups excluding carboxylic acids is 1. The molecule has 10 nitrogen and oxygen atoms in total. The van der Waals surface area contributed by atoms with Crippen LogP contribution in [0.25, 0.3) is 11.3 Å². The number of piperazine rings is 1. The molecule has 34 heavy (non-hydrogen) atoms. The normalized spacial score (nSPS) is 17.2. The van der Waals surface area contributed by atoms with Gasteiger partial charge in [-0.15, -0.1) is 0 Å². The van der Waals surface area contributed by atoms with Crippen molar-refractivity contribution in [3.8, 4) is 0 Å². The topological polar surface area (TPSA) is 117 Å². The molecular formula is C24H23N7O3. The van der Waals surface area contributed by atoms with Gasteiger partial charge < -0.3 is 20.4 Å². The van der Waals surface area contributed by atoms with Crippen LogP contribution in [0.1, 0.15) is 11.1 Å². The van der Waals surface area contributed by atoms with Crippen LogP contribution < -0.4 is 15.5 Å². The fraction of sp³-hybridized carbons (Fsp3) is 0.208. The van der Waals surface area contributed by atoms with Crippen molar-refractivity contribution in [1.82, 2.24) is 14.9 Å². The molecule has 0 aliphatic carbocycles. The van der Waals surface area contributed by atoms with Gasteiger partial charge in [0.1, 0.15) is 5.82 Å². The molecule has 2 aliphatic rings. The molecule has 2 aliphatic heterocycles. The van der Waals surface area contributed by atoms with Gasteiger partial charge in [-0.25, -0.2) is 4.98 Å². The van der Waals surface area contributed by atoms with Crippen molar-refractivity contribution in [2.24, 2.45) is 0 Å². The Kier molecular flexibility index (Phi) is 5.64. The van der Waals surface area contributed by atoms with E-state index in [1.54, 1.807) is 30.7 Å². The van der Waals surface area contributed by atoms with E-state index in [0.717, 1.165) is 32.0 Å². The van der Waals surface area contributed by atoms with Crippen LogP contribution >= 0.6 is 0 Å². The first-order valence-corrected chi connectivity index (χ1v) is 10.9. The summed E-state index contributed by atoms with van der Waals surface area (Å²) in [5.74, 6) is 0.564. The third-order valence-electron chi connectivity index (χ3n) is 6.00. The summed E-state index contributed by atoms with van der Waals surface area (Å²) in [6.45, 7) is 3.83. The van der Waals surface area contributed by atoms with Crippen LogP contribution in [0.15, 0.2) is 61.1 Å². The van der Waals surface area contributed by atoms with E-state index in [1.807, 2.05) is 18.2 Å². The first-order valence-electron chi connectivity index (χ1n) is 10.9. The highest BCUT2D eigenvalue weighted by atomic mass is 16.6. The zero-order valence-corrected chi connectivity index (χ0v) is 18.6. The summed E-state index contributed by atoms with van der Waals surface area (Å²) in [4.78, 5) is 37.0. The molecule has 3 aromatic rings. The summed E-state index contributed by atoms with van der Waals surface area (Å²) >= 11 is 0. The van der Waals surface area contributed by atoms with Crippen molar-refractivity contribution >= 4 is 40.1 Å². The van der Waals surface area contributed by atoms with Crippen LogP contribution in [0, 0.1) is 10.1 Å². The molecule has 0 atom stereocenters. The monoisotopic (exact) mass is 457 g/mol. The molecule has 0 radical (unpaired) electrons. The Morgan fingerprint density at radius 2 is 1.94 bits per heavy atom. The molecule has 2 aromatic heterocycles. The Balaban J connectivity index is 1.51. The lowest BCUT2D eigenvalue weighted by atomic mass is 10.0. The molecule has 172 valence electrons. The minimum absolute atomic E-state index is 0.0834. The molecule has 2 N–H and O–H groups in total. The number of nitrogens with zero attached hydrogens (tertiary/aromatic N) is 5. The SMILES string of the molecule is CN1CCN(c2ccc(N/C(=C3\C(=O)Nc4cc([N+](=O)[O-])ccc43)c3cccnc3)cn2)CC1. The highest BCUT2D eigenvalue weighted by molar-refractivity contribution is 6.37. The number of non-ortho nitro benzene ring substituents is 1. The van der Waals surface area contributed by atoms with Crippen LogP contribution in [0.4, 0.5) is 22.9 Å². The highest BCUT2D eigenvalue weighted by Crippen LogP contribution is 2.39. The van der Waals surface area contributed by atoms with Crippen molar-refractivity contribution in [2.45, 2.75) is 0 Å². The van der Waals surface area contributed by atoms with Gasteiger partial charge in [0, 0.05) is 61.8 Å². The minimum atomic E-state index is -0.484. The summed E-state index contributed by atoms with van der Waals surface area (Å²) in [7, 11) is 2.11. The quantitative estimate of drug-likeness (QED) is 0.341. The zero-order valence-electron chi connectivity index (χ0n) is 18.6. The minimum Gasteiger partial charge on any atom is -0.354 e. The number of amides is 1. The van der Waals surface area contributed by atoms with Crippen LogP contribution in [-0.4, -0.2) is 58.9 Å². The average Bonchev–Trinajstić information content (AvgIpc) is 3.18. The van der Waals surface area contributed by atoms with E-state index < -0.39 is 4.92 Å². The Morgan fingerprint density at radius 1 is 1.12 bits per heavy atom. The van der Waals surface area contributed by atoms with E-state index in [4.69, 9.17) is 0 Å². The number of nitro benzene ring substituents is 1. The smallest absolute Gasteiger partial charge is 0.271 e. The number of aromatic nitrogens is 2. The Bertz CT molecular complexity index is 1270. The number of hydrogen-bond donors (Lipinski definition) is 2.